The fraction of sp³-hybridized carbons (Fsp3) is 0.929. The van der Waals surface area contributed by atoms with Crippen molar-refractivity contribution in [1.29, 1.82) is 0 Å². The minimum absolute atomic E-state index is 0.681. The van der Waals surface area contributed by atoms with E-state index in [1.165, 1.54) is 32.2 Å². The van der Waals surface area contributed by atoms with Crippen molar-refractivity contribution < 1.29 is 0 Å². The van der Waals surface area contributed by atoms with Crippen LogP contribution in [0, 0.1) is 11.8 Å². The third-order valence-corrected chi connectivity index (χ3v) is 5.53. The Morgan fingerprint density at radius 1 is 1.17 bits per heavy atom. The van der Waals surface area contributed by atoms with Crippen LogP contribution in [-0.4, -0.2) is 53.7 Å². The molecule has 0 amide bonds. The zero-order chi connectivity index (χ0) is 12.5. The highest BCUT2D eigenvalue weighted by Crippen LogP contribution is 2.44. The fourth-order valence-corrected chi connectivity index (χ4v) is 4.27. The van der Waals surface area contributed by atoms with Gasteiger partial charge in [-0.15, -0.1) is 0 Å². The maximum Gasteiger partial charge on any atom is 0.169 e. The summed E-state index contributed by atoms with van der Waals surface area (Å²) in [5.41, 5.74) is 0. The first kappa shape index (κ1) is 12.7. The Balaban J connectivity index is 1.47. The molecule has 3 aliphatic rings. The molecule has 3 atom stereocenters. The van der Waals surface area contributed by atoms with Crippen molar-refractivity contribution in [2.24, 2.45) is 11.8 Å². The van der Waals surface area contributed by atoms with Gasteiger partial charge in [-0.2, -0.15) is 0 Å². The second-order valence-corrected chi connectivity index (χ2v) is 6.54. The Bertz CT molecular complexity index is 312. The molecule has 0 aromatic rings. The van der Waals surface area contributed by atoms with Crippen LogP contribution in [0.1, 0.15) is 32.6 Å². The van der Waals surface area contributed by atoms with Gasteiger partial charge in [0, 0.05) is 32.2 Å². The lowest BCUT2D eigenvalue weighted by Crippen LogP contribution is -2.53. The van der Waals surface area contributed by atoms with Crippen LogP contribution in [0.15, 0.2) is 0 Å². The number of rotatable bonds is 2. The summed E-state index contributed by atoms with van der Waals surface area (Å²) in [6.45, 7) is 7.92. The molecule has 1 heterocycles. The second-order valence-electron chi connectivity index (χ2n) is 6.15. The normalized spacial score (nSPS) is 36.1. The van der Waals surface area contributed by atoms with E-state index < -0.39 is 0 Å². The van der Waals surface area contributed by atoms with Crippen molar-refractivity contribution in [3.8, 4) is 0 Å². The van der Waals surface area contributed by atoms with E-state index in [0.717, 1.165) is 43.1 Å². The smallest absolute Gasteiger partial charge is 0.169 e. The highest BCUT2D eigenvalue weighted by Gasteiger charge is 2.40. The third kappa shape index (κ3) is 2.50. The molecule has 1 N–H and O–H groups in total. The highest BCUT2D eigenvalue weighted by atomic mass is 32.1. The maximum absolute atomic E-state index is 5.60. The Hall–Kier alpha value is -0.350. The number of nitrogens with zero attached hydrogens (tertiary/aromatic N) is 2. The minimum Gasteiger partial charge on any atom is -0.360 e. The first-order valence-electron chi connectivity index (χ1n) is 7.54. The predicted molar refractivity (Wildman–Crippen MR) is 78.7 cm³/mol. The summed E-state index contributed by atoms with van der Waals surface area (Å²) in [7, 11) is 0. The molecule has 4 heteroatoms. The van der Waals surface area contributed by atoms with Crippen molar-refractivity contribution in [3.63, 3.8) is 0 Å². The maximum atomic E-state index is 5.60. The molecule has 1 saturated heterocycles. The fourth-order valence-electron chi connectivity index (χ4n) is 3.94. The molecule has 0 unspecified atom stereocenters. The van der Waals surface area contributed by atoms with Gasteiger partial charge in [0.1, 0.15) is 0 Å². The molecule has 0 aromatic carbocycles. The lowest BCUT2D eigenvalue weighted by Gasteiger charge is -2.37. The average Bonchev–Trinajstić information content (AvgIpc) is 3.01. The average molecular weight is 267 g/mol. The van der Waals surface area contributed by atoms with Crippen LogP contribution in [0.4, 0.5) is 0 Å². The third-order valence-electron chi connectivity index (χ3n) is 5.15. The summed E-state index contributed by atoms with van der Waals surface area (Å²) in [6.07, 6.45) is 5.70. The van der Waals surface area contributed by atoms with E-state index in [4.69, 9.17) is 12.2 Å². The Morgan fingerprint density at radius 3 is 2.50 bits per heavy atom. The summed E-state index contributed by atoms with van der Waals surface area (Å²) < 4.78 is 0. The van der Waals surface area contributed by atoms with E-state index >= 15 is 0 Å². The van der Waals surface area contributed by atoms with Crippen LogP contribution in [0.2, 0.25) is 0 Å². The zero-order valence-corrected chi connectivity index (χ0v) is 12.2. The number of piperazine rings is 1. The molecule has 2 saturated carbocycles. The number of nitrogens with one attached hydrogen (secondary N) is 1. The Kier molecular flexibility index (Phi) is 3.76. The summed E-state index contributed by atoms with van der Waals surface area (Å²) in [6, 6.07) is 0.681. The Morgan fingerprint density at radius 2 is 1.94 bits per heavy atom. The topological polar surface area (TPSA) is 18.5 Å². The van der Waals surface area contributed by atoms with Gasteiger partial charge >= 0.3 is 0 Å². The van der Waals surface area contributed by atoms with Crippen LogP contribution < -0.4 is 5.32 Å². The van der Waals surface area contributed by atoms with Crippen LogP contribution >= 0.6 is 12.2 Å². The summed E-state index contributed by atoms with van der Waals surface area (Å²) >= 11 is 5.60. The molecule has 0 spiro atoms. The minimum atomic E-state index is 0.681. The number of hydrogen-bond acceptors (Lipinski definition) is 2. The number of hydrogen-bond donors (Lipinski definition) is 1. The summed E-state index contributed by atoms with van der Waals surface area (Å²) in [5.74, 6) is 1.90. The van der Waals surface area contributed by atoms with Crippen molar-refractivity contribution in [2.75, 3.05) is 32.7 Å². The molecular weight excluding hydrogens is 242 g/mol. The van der Waals surface area contributed by atoms with Gasteiger partial charge in [-0.25, -0.2) is 0 Å². The lowest BCUT2D eigenvalue weighted by atomic mass is 9.95. The Labute approximate surface area is 116 Å². The second kappa shape index (κ2) is 5.33. The molecule has 1 aliphatic heterocycles. The van der Waals surface area contributed by atoms with Gasteiger partial charge in [-0.05, 0) is 49.9 Å². The lowest BCUT2D eigenvalue weighted by molar-refractivity contribution is 0.187. The van der Waals surface area contributed by atoms with Crippen LogP contribution in [-0.2, 0) is 0 Å². The van der Waals surface area contributed by atoms with Crippen LogP contribution in [0.3, 0.4) is 0 Å². The molecule has 3 fully saturated rings. The molecule has 2 aliphatic carbocycles. The molecule has 102 valence electrons. The van der Waals surface area contributed by atoms with Gasteiger partial charge in [0.15, 0.2) is 5.11 Å². The first-order valence-corrected chi connectivity index (χ1v) is 7.95. The monoisotopic (exact) mass is 267 g/mol. The molecule has 2 bridgehead atoms. The molecule has 3 nitrogen and oxygen atoms in total. The van der Waals surface area contributed by atoms with E-state index in [-0.39, 0.29) is 0 Å². The van der Waals surface area contributed by atoms with Gasteiger partial charge in [0.25, 0.3) is 0 Å². The quantitative estimate of drug-likeness (QED) is 0.767. The predicted octanol–water partition coefficient (Wildman–Crippen LogP) is 1.69. The standard InChI is InChI=1S/C14H25N3S/c1-2-16-5-7-17(8-6-16)14(18)15-13-10-11-3-4-12(13)9-11/h11-13H,2-10H2,1H3,(H,15,18)/t11-,12-,13-/m1/s1. The number of fused-ring (bicyclic) bond motifs is 2. The summed E-state index contributed by atoms with van der Waals surface area (Å²) in [4.78, 5) is 4.87. The summed E-state index contributed by atoms with van der Waals surface area (Å²) in [5, 5.41) is 4.67. The SMILES string of the molecule is CCN1CCN(C(=S)N[C@@H]2C[C@@H]3CC[C@@H]2C3)CC1. The van der Waals surface area contributed by atoms with Gasteiger partial charge in [0.2, 0.25) is 0 Å². The van der Waals surface area contributed by atoms with E-state index in [1.54, 1.807) is 0 Å². The van der Waals surface area contributed by atoms with E-state index in [1.807, 2.05) is 0 Å². The highest BCUT2D eigenvalue weighted by molar-refractivity contribution is 7.80. The zero-order valence-electron chi connectivity index (χ0n) is 11.4. The molecule has 18 heavy (non-hydrogen) atoms. The van der Waals surface area contributed by atoms with Gasteiger partial charge in [-0.3, -0.25) is 0 Å². The molecular formula is C14H25N3S. The largest absolute Gasteiger partial charge is 0.360 e. The van der Waals surface area contributed by atoms with Crippen molar-refractivity contribution in [2.45, 2.75) is 38.6 Å². The molecule has 3 rings (SSSR count). The first-order chi connectivity index (χ1) is 8.76. The molecule has 0 radical (unpaired) electrons. The van der Waals surface area contributed by atoms with Crippen LogP contribution in [0.5, 0.6) is 0 Å². The van der Waals surface area contributed by atoms with Gasteiger partial charge < -0.3 is 15.1 Å². The van der Waals surface area contributed by atoms with Crippen molar-refractivity contribution in [3.05, 3.63) is 0 Å². The van der Waals surface area contributed by atoms with Gasteiger partial charge in [0.05, 0.1) is 0 Å². The number of likely N-dealkylation sites (N-methyl/N-ethyl adjacent to an activating group) is 1. The van der Waals surface area contributed by atoms with E-state index in [2.05, 4.69) is 22.0 Å². The number of thiocarbonyl (C=S) groups is 1. The van der Waals surface area contributed by atoms with Crippen LogP contribution in [0.25, 0.3) is 0 Å². The molecule has 0 aromatic heterocycles. The van der Waals surface area contributed by atoms with Gasteiger partial charge in [-0.1, -0.05) is 13.3 Å². The van der Waals surface area contributed by atoms with E-state index in [0.29, 0.717) is 6.04 Å². The van der Waals surface area contributed by atoms with Crippen molar-refractivity contribution in [1.82, 2.24) is 15.1 Å². The van der Waals surface area contributed by atoms with Crippen molar-refractivity contribution >= 4 is 17.3 Å². The van der Waals surface area contributed by atoms with E-state index in [9.17, 15) is 0 Å².